The Morgan fingerprint density at radius 2 is 1.93 bits per heavy atom. The molecule has 0 aromatic heterocycles. The molecule has 162 valence electrons. The van der Waals surface area contributed by atoms with E-state index in [1.165, 1.54) is 5.70 Å². The fraction of sp³-hybridized carbons (Fsp3) is 0.565. The lowest BCUT2D eigenvalue weighted by molar-refractivity contribution is -0.121. The second kappa shape index (κ2) is 7.52. The van der Waals surface area contributed by atoms with Crippen molar-refractivity contribution in [2.45, 2.75) is 45.2 Å². The van der Waals surface area contributed by atoms with Crippen LogP contribution in [0.15, 0.2) is 30.0 Å². The first kappa shape index (κ1) is 20.6. The van der Waals surface area contributed by atoms with Crippen LogP contribution in [0.5, 0.6) is 5.75 Å². The van der Waals surface area contributed by atoms with Gasteiger partial charge in [-0.05, 0) is 62.8 Å². The Morgan fingerprint density at radius 1 is 1.20 bits per heavy atom. The number of allylic oxidation sites excluding steroid dienone is 1. The average molecular weight is 413 g/mol. The summed E-state index contributed by atoms with van der Waals surface area (Å²) < 4.78 is 5.42. The molecule has 7 nitrogen and oxygen atoms in total. The summed E-state index contributed by atoms with van der Waals surface area (Å²) in [5, 5.41) is 3.04. The summed E-state index contributed by atoms with van der Waals surface area (Å²) in [6.07, 6.45) is 2.26. The van der Waals surface area contributed by atoms with E-state index in [0.29, 0.717) is 25.6 Å². The second-order valence-electron chi connectivity index (χ2n) is 9.57. The minimum absolute atomic E-state index is 0.0897. The van der Waals surface area contributed by atoms with Crippen molar-refractivity contribution in [1.82, 2.24) is 15.1 Å². The molecule has 3 aliphatic rings. The number of amides is 3. The van der Waals surface area contributed by atoms with Crippen molar-refractivity contribution in [3.05, 3.63) is 35.5 Å². The van der Waals surface area contributed by atoms with Gasteiger partial charge in [0, 0.05) is 30.9 Å². The van der Waals surface area contributed by atoms with E-state index in [1.54, 1.807) is 7.11 Å². The molecule has 2 atom stereocenters. The zero-order chi connectivity index (χ0) is 21.6. The van der Waals surface area contributed by atoms with Crippen LogP contribution in [-0.4, -0.2) is 60.1 Å². The summed E-state index contributed by atoms with van der Waals surface area (Å²) in [7, 11) is 1.64. The molecule has 2 aliphatic heterocycles. The second-order valence-corrected chi connectivity index (χ2v) is 9.57. The summed E-state index contributed by atoms with van der Waals surface area (Å²) >= 11 is 0. The van der Waals surface area contributed by atoms with Crippen LogP contribution in [-0.2, 0) is 4.79 Å². The normalized spacial score (nSPS) is 24.0. The Kier molecular flexibility index (Phi) is 5.16. The van der Waals surface area contributed by atoms with E-state index in [4.69, 9.17) is 10.5 Å². The standard InChI is InChI=1S/C23H32N4O3/c1-23(2,3)25-22(29)26-10-11-27-17(13-26)19(21(24)28)18(20(27)14-8-9-14)15-6-5-7-16(12-15)30-4/h5-7,12,14,17,19H,8-11,13H2,1-4H3,(H2,24,28)(H,25,29). The Hall–Kier alpha value is -2.70. The quantitative estimate of drug-likeness (QED) is 0.795. The van der Waals surface area contributed by atoms with Crippen LogP contribution in [0.4, 0.5) is 4.79 Å². The molecule has 1 aromatic carbocycles. The van der Waals surface area contributed by atoms with Gasteiger partial charge in [-0.2, -0.15) is 0 Å². The Labute approximate surface area is 178 Å². The molecule has 2 fully saturated rings. The van der Waals surface area contributed by atoms with Crippen LogP contribution in [0.3, 0.4) is 0 Å². The number of fused-ring (bicyclic) bond motifs is 1. The number of rotatable bonds is 4. The van der Waals surface area contributed by atoms with E-state index in [1.807, 2.05) is 49.9 Å². The third kappa shape index (κ3) is 3.85. The number of carbonyl (C=O) groups is 2. The highest BCUT2D eigenvalue weighted by molar-refractivity contribution is 5.95. The topological polar surface area (TPSA) is 87.9 Å². The molecule has 1 aromatic rings. The molecule has 1 saturated heterocycles. The Balaban J connectivity index is 1.69. The summed E-state index contributed by atoms with van der Waals surface area (Å²) in [5.41, 5.74) is 8.90. The van der Waals surface area contributed by atoms with Crippen LogP contribution >= 0.6 is 0 Å². The monoisotopic (exact) mass is 412 g/mol. The molecule has 1 aliphatic carbocycles. The number of ether oxygens (including phenoxy) is 1. The maximum atomic E-state index is 12.8. The molecule has 2 heterocycles. The zero-order valence-electron chi connectivity index (χ0n) is 18.3. The van der Waals surface area contributed by atoms with Gasteiger partial charge in [-0.25, -0.2) is 4.79 Å². The number of primary amides is 1. The van der Waals surface area contributed by atoms with Crippen molar-refractivity contribution in [3.63, 3.8) is 0 Å². The summed E-state index contributed by atoms with van der Waals surface area (Å²) in [6, 6.07) is 7.65. The molecule has 3 amide bonds. The van der Waals surface area contributed by atoms with Crippen LogP contribution < -0.4 is 15.8 Å². The van der Waals surface area contributed by atoms with Crippen LogP contribution in [0.25, 0.3) is 5.57 Å². The molecule has 7 heteroatoms. The maximum Gasteiger partial charge on any atom is 0.317 e. The molecular formula is C23H32N4O3. The minimum atomic E-state index is -0.446. The van der Waals surface area contributed by atoms with Gasteiger partial charge in [0.1, 0.15) is 5.75 Å². The fourth-order valence-electron chi connectivity index (χ4n) is 4.75. The Bertz CT molecular complexity index is 885. The van der Waals surface area contributed by atoms with Crippen molar-refractivity contribution >= 4 is 17.5 Å². The molecule has 0 radical (unpaired) electrons. The Morgan fingerprint density at radius 3 is 2.53 bits per heavy atom. The largest absolute Gasteiger partial charge is 0.497 e. The van der Waals surface area contributed by atoms with Gasteiger partial charge < -0.3 is 25.6 Å². The summed E-state index contributed by atoms with van der Waals surface area (Å²) in [5.74, 6) is 0.442. The third-order valence-corrected chi connectivity index (χ3v) is 6.12. The predicted molar refractivity (Wildman–Crippen MR) is 116 cm³/mol. The third-order valence-electron chi connectivity index (χ3n) is 6.12. The zero-order valence-corrected chi connectivity index (χ0v) is 18.3. The number of nitrogens with zero attached hydrogens (tertiary/aromatic N) is 2. The number of piperazine rings is 1. The van der Waals surface area contributed by atoms with Gasteiger partial charge in [-0.15, -0.1) is 0 Å². The SMILES string of the molecule is COc1cccc(C2=C(C3CC3)N3CCN(C(=O)NC(C)(C)C)CC3C2C(N)=O)c1. The lowest BCUT2D eigenvalue weighted by Crippen LogP contribution is -2.59. The molecule has 30 heavy (non-hydrogen) atoms. The summed E-state index contributed by atoms with van der Waals surface area (Å²) in [6.45, 7) is 7.74. The lowest BCUT2D eigenvalue weighted by Gasteiger charge is -2.42. The molecule has 0 spiro atoms. The van der Waals surface area contributed by atoms with E-state index in [-0.39, 0.29) is 23.5 Å². The first-order valence-corrected chi connectivity index (χ1v) is 10.7. The van der Waals surface area contributed by atoms with E-state index >= 15 is 0 Å². The average Bonchev–Trinajstić information content (AvgIpc) is 3.46. The highest BCUT2D eigenvalue weighted by Crippen LogP contribution is 2.51. The van der Waals surface area contributed by atoms with Gasteiger partial charge in [-0.1, -0.05) is 12.1 Å². The van der Waals surface area contributed by atoms with E-state index in [9.17, 15) is 9.59 Å². The van der Waals surface area contributed by atoms with E-state index in [0.717, 1.165) is 29.7 Å². The highest BCUT2D eigenvalue weighted by atomic mass is 16.5. The number of hydrogen-bond donors (Lipinski definition) is 2. The highest BCUT2D eigenvalue weighted by Gasteiger charge is 2.50. The lowest BCUT2D eigenvalue weighted by atomic mass is 9.87. The number of benzene rings is 1. The number of methoxy groups -OCH3 is 1. The number of nitrogens with one attached hydrogen (secondary N) is 1. The van der Waals surface area contributed by atoms with Gasteiger partial charge in [0.2, 0.25) is 5.91 Å². The minimum Gasteiger partial charge on any atom is -0.497 e. The fourth-order valence-corrected chi connectivity index (χ4v) is 4.75. The van der Waals surface area contributed by atoms with Gasteiger partial charge in [0.15, 0.2) is 0 Å². The molecule has 2 unspecified atom stereocenters. The van der Waals surface area contributed by atoms with Crippen molar-refractivity contribution in [1.29, 1.82) is 0 Å². The maximum absolute atomic E-state index is 12.8. The van der Waals surface area contributed by atoms with Crippen molar-refractivity contribution in [3.8, 4) is 5.75 Å². The van der Waals surface area contributed by atoms with Gasteiger partial charge >= 0.3 is 6.03 Å². The van der Waals surface area contributed by atoms with E-state index in [2.05, 4.69) is 10.2 Å². The number of urea groups is 1. The van der Waals surface area contributed by atoms with Crippen LogP contribution in [0.1, 0.15) is 39.2 Å². The van der Waals surface area contributed by atoms with Gasteiger partial charge in [-0.3, -0.25) is 4.79 Å². The molecule has 4 rings (SSSR count). The van der Waals surface area contributed by atoms with Crippen molar-refractivity contribution in [2.24, 2.45) is 17.6 Å². The first-order valence-electron chi connectivity index (χ1n) is 10.7. The number of nitrogens with two attached hydrogens (primary N) is 1. The van der Waals surface area contributed by atoms with Crippen molar-refractivity contribution < 1.29 is 14.3 Å². The molecular weight excluding hydrogens is 380 g/mol. The first-order chi connectivity index (χ1) is 14.2. The van der Waals surface area contributed by atoms with Crippen molar-refractivity contribution in [2.75, 3.05) is 26.7 Å². The number of carbonyl (C=O) groups excluding carboxylic acids is 2. The molecule has 0 bridgehead atoms. The smallest absolute Gasteiger partial charge is 0.317 e. The van der Waals surface area contributed by atoms with Crippen LogP contribution in [0, 0.1) is 11.8 Å². The van der Waals surface area contributed by atoms with Crippen LogP contribution in [0.2, 0.25) is 0 Å². The van der Waals surface area contributed by atoms with Gasteiger partial charge in [0.05, 0.1) is 19.1 Å². The molecule has 3 N–H and O–H groups in total. The molecule has 1 saturated carbocycles. The summed E-state index contributed by atoms with van der Waals surface area (Å²) in [4.78, 5) is 29.7. The van der Waals surface area contributed by atoms with E-state index < -0.39 is 5.92 Å². The predicted octanol–water partition coefficient (Wildman–Crippen LogP) is 2.43. The number of hydrogen-bond acceptors (Lipinski definition) is 4. The van der Waals surface area contributed by atoms with Gasteiger partial charge in [0.25, 0.3) is 0 Å².